The minimum absolute atomic E-state index is 0.336. The molecule has 0 aliphatic heterocycles. The van der Waals surface area contributed by atoms with E-state index in [0.717, 1.165) is 6.54 Å². The van der Waals surface area contributed by atoms with E-state index in [0.29, 0.717) is 5.54 Å². The van der Waals surface area contributed by atoms with E-state index in [1.165, 1.54) is 36.8 Å². The molecule has 3 heteroatoms. The molecule has 3 nitrogen and oxygen atoms in total. The van der Waals surface area contributed by atoms with Gasteiger partial charge in [0.15, 0.2) is 0 Å². The van der Waals surface area contributed by atoms with Gasteiger partial charge in [-0.2, -0.15) is 5.10 Å². The summed E-state index contributed by atoms with van der Waals surface area (Å²) in [5.74, 6) is 0. The van der Waals surface area contributed by atoms with Crippen LogP contribution in [0.4, 0.5) is 0 Å². The quantitative estimate of drug-likeness (QED) is 0.877. The second-order valence-electron chi connectivity index (χ2n) is 5.32. The topological polar surface area (TPSA) is 29.3 Å². The number of fused-ring (bicyclic) bond motifs is 1. The van der Waals surface area contributed by atoms with E-state index in [4.69, 9.17) is 0 Å². The molecule has 1 fully saturated rings. The molecule has 17 heavy (non-hydrogen) atoms. The van der Waals surface area contributed by atoms with Crippen LogP contribution in [0.15, 0.2) is 30.6 Å². The third-order valence-corrected chi connectivity index (χ3v) is 3.92. The predicted octanol–water partition coefficient (Wildman–Crippen LogP) is 2.76. The number of rotatable bonds is 3. The first-order valence-corrected chi connectivity index (χ1v) is 6.43. The highest BCUT2D eigenvalue weighted by Crippen LogP contribution is 2.29. The van der Waals surface area contributed by atoms with Crippen LogP contribution in [0.1, 0.15) is 38.2 Å². The van der Waals surface area contributed by atoms with Crippen LogP contribution >= 0.6 is 0 Å². The Balaban J connectivity index is 1.76. The SMILES string of the molecule is CC1(NCc2cnn3ccccc23)CCCC1. The maximum absolute atomic E-state index is 4.36. The summed E-state index contributed by atoms with van der Waals surface area (Å²) in [7, 11) is 0. The van der Waals surface area contributed by atoms with Crippen LogP contribution in [0.2, 0.25) is 0 Å². The summed E-state index contributed by atoms with van der Waals surface area (Å²) in [6, 6.07) is 6.20. The predicted molar refractivity (Wildman–Crippen MR) is 68.9 cm³/mol. The third kappa shape index (κ3) is 2.07. The largest absolute Gasteiger partial charge is 0.307 e. The lowest BCUT2D eigenvalue weighted by atomic mass is 10.0. The first-order chi connectivity index (χ1) is 8.27. The zero-order valence-corrected chi connectivity index (χ0v) is 10.3. The van der Waals surface area contributed by atoms with E-state index in [1.54, 1.807) is 0 Å². The van der Waals surface area contributed by atoms with Crippen molar-refractivity contribution in [1.82, 2.24) is 14.9 Å². The van der Waals surface area contributed by atoms with Gasteiger partial charge in [0.2, 0.25) is 0 Å². The summed E-state index contributed by atoms with van der Waals surface area (Å²) in [6.45, 7) is 3.26. The maximum Gasteiger partial charge on any atom is 0.0706 e. The Labute approximate surface area is 102 Å². The van der Waals surface area contributed by atoms with Crippen molar-refractivity contribution in [2.75, 3.05) is 0 Å². The first kappa shape index (κ1) is 10.8. The van der Waals surface area contributed by atoms with E-state index in [-0.39, 0.29) is 0 Å². The summed E-state index contributed by atoms with van der Waals surface area (Å²) >= 11 is 0. The molecule has 0 unspecified atom stereocenters. The zero-order chi connectivity index (χ0) is 11.7. The number of pyridine rings is 1. The van der Waals surface area contributed by atoms with Gasteiger partial charge in [-0.1, -0.05) is 18.9 Å². The lowest BCUT2D eigenvalue weighted by Gasteiger charge is -2.25. The highest BCUT2D eigenvalue weighted by Gasteiger charge is 2.27. The van der Waals surface area contributed by atoms with Gasteiger partial charge in [0.25, 0.3) is 0 Å². The number of hydrogen-bond acceptors (Lipinski definition) is 2. The van der Waals surface area contributed by atoms with Gasteiger partial charge in [0.05, 0.1) is 11.7 Å². The van der Waals surface area contributed by atoms with Crippen molar-refractivity contribution in [3.05, 3.63) is 36.2 Å². The molecule has 2 aromatic heterocycles. The van der Waals surface area contributed by atoms with Crippen LogP contribution < -0.4 is 5.32 Å². The van der Waals surface area contributed by atoms with Gasteiger partial charge >= 0.3 is 0 Å². The Hall–Kier alpha value is -1.35. The molecule has 0 atom stereocenters. The van der Waals surface area contributed by atoms with Gasteiger partial charge in [-0.3, -0.25) is 0 Å². The lowest BCUT2D eigenvalue weighted by molar-refractivity contribution is 0.363. The van der Waals surface area contributed by atoms with Gasteiger partial charge in [0.1, 0.15) is 0 Å². The van der Waals surface area contributed by atoms with Gasteiger partial charge in [-0.25, -0.2) is 4.52 Å². The smallest absolute Gasteiger partial charge is 0.0706 e. The van der Waals surface area contributed by atoms with Crippen LogP contribution in [-0.4, -0.2) is 15.2 Å². The van der Waals surface area contributed by atoms with Crippen LogP contribution in [0.5, 0.6) is 0 Å². The molecule has 2 heterocycles. The van der Waals surface area contributed by atoms with Crippen molar-refractivity contribution in [3.63, 3.8) is 0 Å². The van der Waals surface area contributed by atoms with E-state index in [2.05, 4.69) is 29.5 Å². The van der Waals surface area contributed by atoms with Crippen LogP contribution in [0.3, 0.4) is 0 Å². The van der Waals surface area contributed by atoms with Crippen LogP contribution in [0.25, 0.3) is 5.52 Å². The Kier molecular flexibility index (Phi) is 2.63. The van der Waals surface area contributed by atoms with Crippen LogP contribution in [-0.2, 0) is 6.54 Å². The second kappa shape index (κ2) is 4.15. The summed E-state index contributed by atoms with van der Waals surface area (Å²) < 4.78 is 1.94. The van der Waals surface area contributed by atoms with E-state index in [9.17, 15) is 0 Å². The molecule has 0 radical (unpaired) electrons. The zero-order valence-electron chi connectivity index (χ0n) is 10.3. The van der Waals surface area contributed by atoms with Crippen LogP contribution in [0, 0.1) is 0 Å². The number of aromatic nitrogens is 2. The standard InChI is InChI=1S/C14H19N3/c1-14(7-3-4-8-14)15-10-12-11-16-17-9-5-2-6-13(12)17/h2,5-6,9,11,15H,3-4,7-8,10H2,1H3. The molecule has 2 aromatic rings. The Morgan fingerprint density at radius 3 is 3.00 bits per heavy atom. The third-order valence-electron chi connectivity index (χ3n) is 3.92. The van der Waals surface area contributed by atoms with Crippen molar-refractivity contribution >= 4 is 5.52 Å². The van der Waals surface area contributed by atoms with Crippen molar-refractivity contribution in [2.45, 2.75) is 44.7 Å². The molecule has 90 valence electrons. The normalized spacial score (nSPS) is 18.9. The number of nitrogens with one attached hydrogen (secondary N) is 1. The molecule has 1 N–H and O–H groups in total. The summed E-state index contributed by atoms with van der Waals surface area (Å²) in [5.41, 5.74) is 2.84. The fourth-order valence-electron chi connectivity index (χ4n) is 2.76. The summed E-state index contributed by atoms with van der Waals surface area (Å²) in [4.78, 5) is 0. The summed E-state index contributed by atoms with van der Waals surface area (Å²) in [6.07, 6.45) is 9.28. The molecular formula is C14H19N3. The molecule has 1 aliphatic rings. The molecule has 0 aromatic carbocycles. The average Bonchev–Trinajstić information content (AvgIpc) is 2.94. The number of nitrogens with zero attached hydrogens (tertiary/aromatic N) is 2. The van der Waals surface area contributed by atoms with E-state index in [1.807, 2.05) is 23.0 Å². The fourth-order valence-corrected chi connectivity index (χ4v) is 2.76. The molecular weight excluding hydrogens is 210 g/mol. The van der Waals surface area contributed by atoms with E-state index < -0.39 is 0 Å². The molecule has 0 bridgehead atoms. The monoisotopic (exact) mass is 229 g/mol. The van der Waals surface area contributed by atoms with Crippen molar-refractivity contribution in [3.8, 4) is 0 Å². The Morgan fingerprint density at radius 1 is 1.35 bits per heavy atom. The highest BCUT2D eigenvalue weighted by molar-refractivity contribution is 5.53. The molecule has 1 saturated carbocycles. The highest BCUT2D eigenvalue weighted by atomic mass is 15.2. The van der Waals surface area contributed by atoms with Gasteiger partial charge in [-0.05, 0) is 31.9 Å². The second-order valence-corrected chi connectivity index (χ2v) is 5.32. The lowest BCUT2D eigenvalue weighted by Crippen LogP contribution is -2.38. The Bertz CT molecular complexity index is 509. The maximum atomic E-state index is 4.36. The number of hydrogen-bond donors (Lipinski definition) is 1. The fraction of sp³-hybridized carbons (Fsp3) is 0.500. The molecule has 1 aliphatic carbocycles. The van der Waals surface area contributed by atoms with Crippen molar-refractivity contribution < 1.29 is 0 Å². The summed E-state index contributed by atoms with van der Waals surface area (Å²) in [5, 5.41) is 8.06. The van der Waals surface area contributed by atoms with Gasteiger partial charge in [-0.15, -0.1) is 0 Å². The molecule has 3 rings (SSSR count). The van der Waals surface area contributed by atoms with Gasteiger partial charge in [0, 0.05) is 23.8 Å². The first-order valence-electron chi connectivity index (χ1n) is 6.43. The minimum atomic E-state index is 0.336. The van der Waals surface area contributed by atoms with E-state index >= 15 is 0 Å². The Morgan fingerprint density at radius 2 is 2.18 bits per heavy atom. The molecule has 0 saturated heterocycles. The van der Waals surface area contributed by atoms with Crippen molar-refractivity contribution in [2.24, 2.45) is 0 Å². The minimum Gasteiger partial charge on any atom is -0.307 e. The van der Waals surface area contributed by atoms with Crippen molar-refractivity contribution in [1.29, 1.82) is 0 Å². The molecule has 0 spiro atoms. The average molecular weight is 229 g/mol. The molecule has 0 amide bonds. The van der Waals surface area contributed by atoms with Gasteiger partial charge < -0.3 is 5.32 Å².